The molecule has 2 rings (SSSR count). The molecule has 4 nitrogen and oxygen atoms in total. The summed E-state index contributed by atoms with van der Waals surface area (Å²) in [6.45, 7) is 2.87. The van der Waals surface area contributed by atoms with Crippen molar-refractivity contribution in [1.29, 1.82) is 0 Å². The summed E-state index contributed by atoms with van der Waals surface area (Å²) in [5.41, 5.74) is 1.14. The third-order valence-corrected chi connectivity index (χ3v) is 4.35. The summed E-state index contributed by atoms with van der Waals surface area (Å²) in [7, 11) is 4.04. The Morgan fingerprint density at radius 2 is 2.05 bits per heavy atom. The molecule has 1 aliphatic carbocycles. The van der Waals surface area contributed by atoms with Gasteiger partial charge in [-0.2, -0.15) is 5.10 Å². The zero-order chi connectivity index (χ0) is 13.7. The molecule has 0 amide bonds. The number of aromatic nitrogens is 2. The Labute approximate surface area is 116 Å². The zero-order valence-electron chi connectivity index (χ0n) is 12.5. The fourth-order valence-corrected chi connectivity index (χ4v) is 3.48. The highest BCUT2D eigenvalue weighted by Crippen LogP contribution is 2.40. The van der Waals surface area contributed by atoms with E-state index in [9.17, 15) is 0 Å². The van der Waals surface area contributed by atoms with Crippen molar-refractivity contribution >= 4 is 0 Å². The number of likely N-dealkylation sites (N-methyl/N-ethyl adjacent to an activating group) is 1. The molecule has 1 fully saturated rings. The van der Waals surface area contributed by atoms with Crippen molar-refractivity contribution in [1.82, 2.24) is 15.1 Å². The van der Waals surface area contributed by atoms with Gasteiger partial charge in [-0.05, 0) is 32.9 Å². The monoisotopic (exact) mass is 265 g/mol. The van der Waals surface area contributed by atoms with E-state index in [0.29, 0.717) is 0 Å². The van der Waals surface area contributed by atoms with Gasteiger partial charge in [-0.15, -0.1) is 0 Å². The minimum Gasteiger partial charge on any atom is -0.373 e. The van der Waals surface area contributed by atoms with Gasteiger partial charge >= 0.3 is 0 Å². The highest BCUT2D eigenvalue weighted by Gasteiger charge is 2.41. The van der Waals surface area contributed by atoms with Gasteiger partial charge < -0.3 is 10.1 Å². The average molecular weight is 265 g/mol. The van der Waals surface area contributed by atoms with Crippen molar-refractivity contribution in [3.05, 3.63) is 18.0 Å². The fourth-order valence-electron chi connectivity index (χ4n) is 3.48. The molecule has 0 radical (unpaired) electrons. The first-order valence-corrected chi connectivity index (χ1v) is 7.52. The number of hydrogen-bond donors (Lipinski definition) is 1. The van der Waals surface area contributed by atoms with Crippen LogP contribution in [-0.4, -0.2) is 29.0 Å². The molecule has 1 atom stereocenters. The van der Waals surface area contributed by atoms with Crippen molar-refractivity contribution in [2.45, 2.75) is 57.1 Å². The summed E-state index contributed by atoms with van der Waals surface area (Å²) in [5, 5.41) is 7.80. The third kappa shape index (κ3) is 3.00. The second-order valence-corrected chi connectivity index (χ2v) is 5.51. The van der Waals surface area contributed by atoms with Crippen LogP contribution in [0.25, 0.3) is 0 Å². The van der Waals surface area contributed by atoms with E-state index in [1.165, 1.54) is 31.4 Å². The van der Waals surface area contributed by atoms with Gasteiger partial charge in [0.15, 0.2) is 0 Å². The number of rotatable bonds is 5. The van der Waals surface area contributed by atoms with Crippen LogP contribution in [0.2, 0.25) is 0 Å². The van der Waals surface area contributed by atoms with Crippen molar-refractivity contribution < 1.29 is 4.74 Å². The molecule has 4 heteroatoms. The molecule has 1 aromatic rings. The van der Waals surface area contributed by atoms with Crippen LogP contribution in [0.5, 0.6) is 0 Å². The van der Waals surface area contributed by atoms with E-state index in [0.717, 1.165) is 19.4 Å². The molecule has 0 saturated heterocycles. The van der Waals surface area contributed by atoms with Gasteiger partial charge in [0, 0.05) is 19.9 Å². The first-order valence-electron chi connectivity index (χ1n) is 7.52. The van der Waals surface area contributed by atoms with Crippen molar-refractivity contribution in [3.8, 4) is 0 Å². The predicted molar refractivity (Wildman–Crippen MR) is 77.1 cm³/mol. The Balaban J connectivity index is 2.31. The summed E-state index contributed by atoms with van der Waals surface area (Å²) >= 11 is 0. The largest absolute Gasteiger partial charge is 0.373 e. The summed E-state index contributed by atoms with van der Waals surface area (Å²) in [4.78, 5) is 0. The van der Waals surface area contributed by atoms with E-state index in [1.54, 1.807) is 0 Å². The lowest BCUT2D eigenvalue weighted by atomic mass is 9.84. The number of nitrogens with one attached hydrogen (secondary N) is 1. The number of hydrogen-bond acceptors (Lipinski definition) is 3. The van der Waals surface area contributed by atoms with Gasteiger partial charge in [0.1, 0.15) is 0 Å². The molecule has 19 heavy (non-hydrogen) atoms. The van der Waals surface area contributed by atoms with E-state index >= 15 is 0 Å². The SMILES string of the molecule is CCOC1(C(NC)c2ccnn2C)CCCCCC1. The summed E-state index contributed by atoms with van der Waals surface area (Å²) < 4.78 is 8.24. The second kappa shape index (κ2) is 6.53. The van der Waals surface area contributed by atoms with E-state index in [1.807, 2.05) is 25.0 Å². The lowest BCUT2D eigenvalue weighted by molar-refractivity contribution is -0.0782. The standard InChI is InChI=1S/C15H27N3O/c1-4-19-15(10-7-5-6-8-11-15)14(16-2)13-9-12-17-18(13)3/h9,12,14,16H,4-8,10-11H2,1-3H3. The Morgan fingerprint density at radius 3 is 2.53 bits per heavy atom. The lowest BCUT2D eigenvalue weighted by Crippen LogP contribution is -2.45. The maximum Gasteiger partial charge on any atom is 0.0891 e. The lowest BCUT2D eigenvalue weighted by Gasteiger charge is -2.40. The maximum absolute atomic E-state index is 6.28. The Hall–Kier alpha value is -0.870. The van der Waals surface area contributed by atoms with Crippen LogP contribution in [-0.2, 0) is 11.8 Å². The Morgan fingerprint density at radius 1 is 1.37 bits per heavy atom. The van der Waals surface area contributed by atoms with Gasteiger partial charge in [0.25, 0.3) is 0 Å². The summed E-state index contributed by atoms with van der Waals surface area (Å²) in [6.07, 6.45) is 9.32. The van der Waals surface area contributed by atoms with E-state index in [2.05, 4.69) is 23.4 Å². The fraction of sp³-hybridized carbons (Fsp3) is 0.800. The second-order valence-electron chi connectivity index (χ2n) is 5.51. The average Bonchev–Trinajstić information content (AvgIpc) is 2.68. The molecule has 0 aromatic carbocycles. The molecule has 108 valence electrons. The molecule has 0 spiro atoms. The first-order chi connectivity index (χ1) is 9.23. The van der Waals surface area contributed by atoms with Crippen LogP contribution < -0.4 is 5.32 Å². The van der Waals surface area contributed by atoms with Crippen molar-refractivity contribution in [2.24, 2.45) is 7.05 Å². The molecule has 1 unspecified atom stereocenters. The predicted octanol–water partition coefficient (Wildman–Crippen LogP) is 2.81. The smallest absolute Gasteiger partial charge is 0.0891 e. The maximum atomic E-state index is 6.28. The molecule has 0 aliphatic heterocycles. The van der Waals surface area contributed by atoms with Crippen molar-refractivity contribution in [2.75, 3.05) is 13.7 Å². The molecule has 1 N–H and O–H groups in total. The van der Waals surface area contributed by atoms with E-state index < -0.39 is 0 Å². The normalized spacial score (nSPS) is 21.0. The van der Waals surface area contributed by atoms with Crippen LogP contribution in [0.3, 0.4) is 0 Å². The molecule has 1 aromatic heterocycles. The van der Waals surface area contributed by atoms with Gasteiger partial charge in [0.2, 0.25) is 0 Å². The molecule has 0 bridgehead atoms. The molecule has 1 aliphatic rings. The minimum atomic E-state index is -0.0756. The minimum absolute atomic E-state index is 0.0756. The van der Waals surface area contributed by atoms with Crippen LogP contribution in [0.15, 0.2) is 12.3 Å². The van der Waals surface area contributed by atoms with Gasteiger partial charge in [-0.1, -0.05) is 25.7 Å². The van der Waals surface area contributed by atoms with Gasteiger partial charge in [-0.25, -0.2) is 0 Å². The number of aryl methyl sites for hydroxylation is 1. The summed E-state index contributed by atoms with van der Waals surface area (Å²) in [6, 6.07) is 2.32. The van der Waals surface area contributed by atoms with Crippen LogP contribution in [0.4, 0.5) is 0 Å². The van der Waals surface area contributed by atoms with Crippen LogP contribution in [0.1, 0.15) is 57.2 Å². The highest BCUT2D eigenvalue weighted by atomic mass is 16.5. The van der Waals surface area contributed by atoms with Crippen molar-refractivity contribution in [3.63, 3.8) is 0 Å². The molecular formula is C15H27N3O. The topological polar surface area (TPSA) is 39.1 Å². The quantitative estimate of drug-likeness (QED) is 0.832. The first kappa shape index (κ1) is 14.5. The Kier molecular flexibility index (Phi) is 4.99. The van der Waals surface area contributed by atoms with Crippen LogP contribution >= 0.6 is 0 Å². The van der Waals surface area contributed by atoms with Gasteiger partial charge in [-0.3, -0.25) is 4.68 Å². The Bertz CT molecular complexity index is 380. The van der Waals surface area contributed by atoms with E-state index in [-0.39, 0.29) is 11.6 Å². The highest BCUT2D eigenvalue weighted by molar-refractivity contribution is 5.13. The zero-order valence-corrected chi connectivity index (χ0v) is 12.5. The molecule has 1 saturated carbocycles. The number of ether oxygens (including phenoxy) is 1. The third-order valence-electron chi connectivity index (χ3n) is 4.35. The van der Waals surface area contributed by atoms with Gasteiger partial charge in [0.05, 0.1) is 17.3 Å². The number of nitrogens with zero attached hydrogens (tertiary/aromatic N) is 2. The summed E-state index contributed by atoms with van der Waals surface area (Å²) in [5.74, 6) is 0. The van der Waals surface area contributed by atoms with Crippen LogP contribution in [0, 0.1) is 0 Å². The molecule has 1 heterocycles. The molecular weight excluding hydrogens is 238 g/mol. The van der Waals surface area contributed by atoms with E-state index in [4.69, 9.17) is 4.74 Å².